The largest absolute Gasteiger partial charge is 0.507 e. The van der Waals surface area contributed by atoms with Gasteiger partial charge in [-0.15, -0.1) is 0 Å². The van der Waals surface area contributed by atoms with Gasteiger partial charge < -0.3 is 26.0 Å². The molecule has 0 unspecified atom stereocenters. The van der Waals surface area contributed by atoms with Crippen LogP contribution < -0.4 is 15.8 Å². The number of phenols is 2. The molecule has 0 fully saturated rings. The highest BCUT2D eigenvalue weighted by molar-refractivity contribution is 6.09. The van der Waals surface area contributed by atoms with Gasteiger partial charge in [0.1, 0.15) is 22.8 Å². The molecule has 6 heteroatoms. The van der Waals surface area contributed by atoms with Gasteiger partial charge in [0.05, 0.1) is 18.5 Å². The van der Waals surface area contributed by atoms with Gasteiger partial charge in [0.15, 0.2) is 0 Å². The number of carbonyl (C=O) groups excluding carboxylic acids is 1. The molecule has 0 saturated carbocycles. The molecule has 2 aromatic carbocycles. The molecule has 20 heavy (non-hydrogen) atoms. The summed E-state index contributed by atoms with van der Waals surface area (Å²) in [4.78, 5) is 12.0. The van der Waals surface area contributed by atoms with Crippen molar-refractivity contribution in [2.45, 2.75) is 0 Å². The lowest BCUT2D eigenvalue weighted by Gasteiger charge is -2.11. The molecular formula is C14H14N2O4. The van der Waals surface area contributed by atoms with Crippen molar-refractivity contribution < 1.29 is 19.7 Å². The molecule has 104 valence electrons. The first-order chi connectivity index (χ1) is 9.52. The molecule has 2 aromatic rings. The highest BCUT2D eigenvalue weighted by Gasteiger charge is 2.17. The van der Waals surface area contributed by atoms with Crippen molar-refractivity contribution in [3.8, 4) is 17.2 Å². The lowest BCUT2D eigenvalue weighted by atomic mass is 10.1. The zero-order valence-corrected chi connectivity index (χ0v) is 10.8. The van der Waals surface area contributed by atoms with Crippen molar-refractivity contribution >= 4 is 17.3 Å². The van der Waals surface area contributed by atoms with Crippen LogP contribution in [-0.2, 0) is 0 Å². The molecule has 0 saturated heterocycles. The first-order valence-corrected chi connectivity index (χ1v) is 5.78. The quantitative estimate of drug-likeness (QED) is 0.640. The Hall–Kier alpha value is -2.89. The number of carbonyl (C=O) groups is 1. The third kappa shape index (κ3) is 2.59. The first kappa shape index (κ1) is 13.5. The second kappa shape index (κ2) is 5.40. The lowest BCUT2D eigenvalue weighted by molar-refractivity contribution is 0.102. The van der Waals surface area contributed by atoms with Crippen LogP contribution in [0.25, 0.3) is 0 Å². The fourth-order valence-electron chi connectivity index (χ4n) is 1.73. The molecule has 0 bridgehead atoms. The monoisotopic (exact) mass is 274 g/mol. The van der Waals surface area contributed by atoms with E-state index in [1.807, 2.05) is 0 Å². The van der Waals surface area contributed by atoms with Crippen molar-refractivity contribution in [1.29, 1.82) is 0 Å². The number of nitrogens with two attached hydrogens (primary N) is 1. The van der Waals surface area contributed by atoms with Crippen LogP contribution in [0.2, 0.25) is 0 Å². The van der Waals surface area contributed by atoms with Crippen LogP contribution in [0, 0.1) is 0 Å². The molecule has 2 rings (SSSR count). The molecule has 0 atom stereocenters. The smallest absolute Gasteiger partial charge is 0.263 e. The molecule has 0 radical (unpaired) electrons. The molecule has 0 heterocycles. The number of nitrogen functional groups attached to an aromatic ring is 1. The van der Waals surface area contributed by atoms with E-state index >= 15 is 0 Å². The Balaban J connectivity index is 2.28. The molecule has 6 nitrogen and oxygen atoms in total. The van der Waals surface area contributed by atoms with Crippen LogP contribution >= 0.6 is 0 Å². The fourth-order valence-corrected chi connectivity index (χ4v) is 1.73. The first-order valence-electron chi connectivity index (χ1n) is 5.78. The number of nitrogens with one attached hydrogen (secondary N) is 1. The Morgan fingerprint density at radius 1 is 1.20 bits per heavy atom. The molecule has 5 N–H and O–H groups in total. The summed E-state index contributed by atoms with van der Waals surface area (Å²) < 4.78 is 5.01. The number of phenolic OH excluding ortho intramolecular Hbond substituents is 2. The minimum atomic E-state index is -0.655. The molecule has 0 spiro atoms. The maximum Gasteiger partial charge on any atom is 0.263 e. The number of hydrogen-bond acceptors (Lipinski definition) is 5. The number of anilines is 2. The van der Waals surface area contributed by atoms with Crippen LogP contribution in [0.4, 0.5) is 11.4 Å². The number of methoxy groups -OCH3 is 1. The van der Waals surface area contributed by atoms with Gasteiger partial charge in [0, 0.05) is 6.07 Å². The van der Waals surface area contributed by atoms with Gasteiger partial charge in [-0.3, -0.25) is 4.79 Å². The Bertz CT molecular complexity index is 635. The second-order valence-corrected chi connectivity index (χ2v) is 4.08. The Labute approximate surface area is 115 Å². The highest BCUT2D eigenvalue weighted by Crippen LogP contribution is 2.29. The van der Waals surface area contributed by atoms with Crippen molar-refractivity contribution in [2.24, 2.45) is 0 Å². The van der Waals surface area contributed by atoms with E-state index in [0.29, 0.717) is 17.1 Å². The maximum atomic E-state index is 12.0. The van der Waals surface area contributed by atoms with Crippen molar-refractivity contribution in [3.05, 3.63) is 42.0 Å². The Morgan fingerprint density at radius 2 is 1.85 bits per heavy atom. The van der Waals surface area contributed by atoms with E-state index in [1.54, 1.807) is 18.2 Å². The third-order valence-corrected chi connectivity index (χ3v) is 2.75. The molecule has 1 amide bonds. The van der Waals surface area contributed by atoms with Gasteiger partial charge in [-0.2, -0.15) is 0 Å². The average Bonchev–Trinajstić information content (AvgIpc) is 2.41. The molecule has 0 aliphatic heterocycles. The zero-order chi connectivity index (χ0) is 14.7. The number of benzene rings is 2. The van der Waals surface area contributed by atoms with Gasteiger partial charge in [-0.1, -0.05) is 6.07 Å². The van der Waals surface area contributed by atoms with E-state index in [9.17, 15) is 15.0 Å². The van der Waals surface area contributed by atoms with Crippen molar-refractivity contribution in [1.82, 2.24) is 0 Å². The van der Waals surface area contributed by atoms with E-state index in [1.165, 1.54) is 25.3 Å². The highest BCUT2D eigenvalue weighted by atomic mass is 16.5. The molecule has 0 aliphatic rings. The third-order valence-electron chi connectivity index (χ3n) is 2.75. The van der Waals surface area contributed by atoms with Crippen molar-refractivity contribution in [3.63, 3.8) is 0 Å². The maximum absolute atomic E-state index is 12.0. The van der Waals surface area contributed by atoms with E-state index < -0.39 is 5.91 Å². The minimum Gasteiger partial charge on any atom is -0.507 e. The summed E-state index contributed by atoms with van der Waals surface area (Å²) in [6.45, 7) is 0. The van der Waals surface area contributed by atoms with Crippen LogP contribution in [0.15, 0.2) is 36.4 Å². The summed E-state index contributed by atoms with van der Waals surface area (Å²) in [7, 11) is 1.51. The lowest BCUT2D eigenvalue weighted by Crippen LogP contribution is -2.13. The summed E-state index contributed by atoms with van der Waals surface area (Å²) >= 11 is 0. The number of hydrogen-bond donors (Lipinski definition) is 4. The van der Waals surface area contributed by atoms with Gasteiger partial charge in [0.2, 0.25) is 0 Å². The van der Waals surface area contributed by atoms with Crippen LogP contribution in [0.5, 0.6) is 17.2 Å². The summed E-state index contributed by atoms with van der Waals surface area (Å²) in [5.41, 5.74) is 6.25. The van der Waals surface area contributed by atoms with Gasteiger partial charge in [0.25, 0.3) is 5.91 Å². The Kier molecular flexibility index (Phi) is 3.65. The number of ether oxygens (including phenoxy) is 1. The zero-order valence-electron chi connectivity index (χ0n) is 10.8. The normalized spacial score (nSPS) is 10.1. The number of rotatable bonds is 3. The van der Waals surface area contributed by atoms with Crippen LogP contribution in [-0.4, -0.2) is 23.2 Å². The SMILES string of the molecule is COc1ccc(NC(=O)c2c(O)cccc2O)c(N)c1. The number of amides is 1. The predicted octanol–water partition coefficient (Wildman–Crippen LogP) is 1.94. The van der Waals surface area contributed by atoms with E-state index in [4.69, 9.17) is 10.5 Å². The Morgan fingerprint density at radius 3 is 2.40 bits per heavy atom. The number of aromatic hydroxyl groups is 2. The summed E-state index contributed by atoms with van der Waals surface area (Å²) in [5, 5.41) is 21.8. The average molecular weight is 274 g/mol. The molecular weight excluding hydrogens is 260 g/mol. The fraction of sp³-hybridized carbons (Fsp3) is 0.0714. The second-order valence-electron chi connectivity index (χ2n) is 4.08. The van der Waals surface area contributed by atoms with E-state index in [-0.39, 0.29) is 17.1 Å². The molecule has 0 aromatic heterocycles. The van der Waals surface area contributed by atoms with E-state index in [2.05, 4.69) is 5.32 Å². The summed E-state index contributed by atoms with van der Waals surface area (Å²) in [6.07, 6.45) is 0. The van der Waals surface area contributed by atoms with Crippen LogP contribution in [0.1, 0.15) is 10.4 Å². The van der Waals surface area contributed by atoms with Crippen LogP contribution in [0.3, 0.4) is 0 Å². The topological polar surface area (TPSA) is 105 Å². The summed E-state index contributed by atoms with van der Waals surface area (Å²) in [6, 6.07) is 8.82. The van der Waals surface area contributed by atoms with Gasteiger partial charge >= 0.3 is 0 Å². The standard InChI is InChI=1S/C14H14N2O4/c1-20-8-5-6-10(9(15)7-8)16-14(19)13-11(17)3-2-4-12(13)18/h2-7,17-18H,15H2,1H3,(H,16,19). The minimum absolute atomic E-state index is 0.206. The van der Waals surface area contributed by atoms with Gasteiger partial charge in [-0.05, 0) is 24.3 Å². The predicted molar refractivity (Wildman–Crippen MR) is 75.1 cm³/mol. The van der Waals surface area contributed by atoms with E-state index in [0.717, 1.165) is 0 Å². The van der Waals surface area contributed by atoms with Crippen molar-refractivity contribution in [2.75, 3.05) is 18.2 Å². The van der Waals surface area contributed by atoms with Gasteiger partial charge in [-0.25, -0.2) is 0 Å². The summed E-state index contributed by atoms with van der Waals surface area (Å²) in [5.74, 6) is -0.715. The molecule has 0 aliphatic carbocycles.